The lowest BCUT2D eigenvalue weighted by Crippen LogP contribution is -2.34. The summed E-state index contributed by atoms with van der Waals surface area (Å²) in [7, 11) is -3.21. The minimum Gasteiger partial charge on any atom is -0.383 e. The maximum atomic E-state index is 11.8. The van der Waals surface area contributed by atoms with E-state index < -0.39 is 9.84 Å². The molecule has 0 heterocycles. The monoisotopic (exact) mass is 315 g/mol. The lowest BCUT2D eigenvalue weighted by Gasteiger charge is -2.36. The highest BCUT2D eigenvalue weighted by molar-refractivity contribution is 7.90. The normalized spacial score (nSPS) is 18.7. The van der Waals surface area contributed by atoms with E-state index in [-0.39, 0.29) is 5.41 Å². The molecule has 0 amide bonds. The Balaban J connectivity index is 2.14. The highest BCUT2D eigenvalue weighted by Gasteiger charge is 2.31. The van der Waals surface area contributed by atoms with Gasteiger partial charge in [0.15, 0.2) is 9.84 Å². The van der Waals surface area contributed by atoms with E-state index in [0.717, 1.165) is 19.4 Å². The van der Waals surface area contributed by atoms with Gasteiger partial charge in [-0.1, -0.05) is 31.4 Å². The van der Waals surface area contributed by atoms with Crippen LogP contribution in [0.2, 0.25) is 0 Å². The van der Waals surface area contributed by atoms with Crippen LogP contribution in [0.4, 0.5) is 5.69 Å². The summed E-state index contributed by atoms with van der Waals surface area (Å²) in [6.45, 7) is 0.739. The van der Waals surface area contributed by atoms with Crippen LogP contribution < -0.4 is 5.32 Å². The van der Waals surface area contributed by atoms with Crippen molar-refractivity contribution in [3.8, 4) is 0 Å². The Hall–Kier alpha value is -0.740. The van der Waals surface area contributed by atoms with Crippen LogP contribution in [0, 0.1) is 5.41 Å². The molecule has 1 fully saturated rings. The maximum Gasteiger partial charge on any atom is 0.177 e. The van der Waals surface area contributed by atoms with Gasteiger partial charge >= 0.3 is 0 Å². The SMILES string of the molecule is CS(=O)(=O)c1ccccc1NCC1(CCl)CCCCC1. The number of sulfone groups is 1. The zero-order valence-electron chi connectivity index (χ0n) is 11.9. The Bertz CT molecular complexity index is 551. The van der Waals surface area contributed by atoms with Crippen molar-refractivity contribution in [3.63, 3.8) is 0 Å². The largest absolute Gasteiger partial charge is 0.383 e. The lowest BCUT2D eigenvalue weighted by molar-refractivity contribution is 0.238. The molecule has 1 aliphatic carbocycles. The summed E-state index contributed by atoms with van der Waals surface area (Å²) in [6.07, 6.45) is 7.17. The topological polar surface area (TPSA) is 46.2 Å². The number of nitrogens with one attached hydrogen (secondary N) is 1. The molecule has 2 rings (SSSR count). The van der Waals surface area contributed by atoms with Crippen molar-refractivity contribution in [2.45, 2.75) is 37.0 Å². The summed E-state index contributed by atoms with van der Waals surface area (Å²) in [4.78, 5) is 0.362. The second-order valence-electron chi connectivity index (χ2n) is 5.82. The van der Waals surface area contributed by atoms with Gasteiger partial charge in [-0.05, 0) is 25.0 Å². The third-order valence-electron chi connectivity index (χ3n) is 4.14. The molecule has 20 heavy (non-hydrogen) atoms. The number of para-hydroxylation sites is 1. The number of anilines is 1. The molecule has 1 N–H and O–H groups in total. The van der Waals surface area contributed by atoms with Crippen LogP contribution in [0.3, 0.4) is 0 Å². The Morgan fingerprint density at radius 2 is 1.85 bits per heavy atom. The van der Waals surface area contributed by atoms with E-state index >= 15 is 0 Å². The molecular weight excluding hydrogens is 294 g/mol. The first-order valence-electron chi connectivity index (χ1n) is 7.06. The van der Waals surface area contributed by atoms with Gasteiger partial charge in [-0.15, -0.1) is 11.6 Å². The van der Waals surface area contributed by atoms with Gasteiger partial charge in [-0.25, -0.2) is 8.42 Å². The summed E-state index contributed by atoms with van der Waals surface area (Å²) >= 11 is 6.17. The Morgan fingerprint density at radius 1 is 1.20 bits per heavy atom. The highest BCUT2D eigenvalue weighted by atomic mass is 35.5. The quantitative estimate of drug-likeness (QED) is 0.843. The highest BCUT2D eigenvalue weighted by Crippen LogP contribution is 2.37. The molecular formula is C15H22ClNO2S. The number of hydrogen-bond donors (Lipinski definition) is 1. The maximum absolute atomic E-state index is 11.8. The molecule has 1 aromatic carbocycles. The van der Waals surface area contributed by atoms with Gasteiger partial charge in [0.25, 0.3) is 0 Å². The van der Waals surface area contributed by atoms with Crippen molar-refractivity contribution in [1.82, 2.24) is 0 Å². The van der Waals surface area contributed by atoms with Gasteiger partial charge in [0.2, 0.25) is 0 Å². The van der Waals surface area contributed by atoms with E-state index in [2.05, 4.69) is 5.32 Å². The molecule has 0 aromatic heterocycles. The van der Waals surface area contributed by atoms with Crippen molar-refractivity contribution >= 4 is 27.1 Å². The second kappa shape index (κ2) is 6.35. The van der Waals surface area contributed by atoms with Crippen LogP contribution in [0.5, 0.6) is 0 Å². The first kappa shape index (κ1) is 15.6. The average molecular weight is 316 g/mol. The van der Waals surface area contributed by atoms with E-state index in [1.54, 1.807) is 12.1 Å². The van der Waals surface area contributed by atoms with Crippen LogP contribution >= 0.6 is 11.6 Å². The Labute approximate surface area is 126 Å². The van der Waals surface area contributed by atoms with Gasteiger partial charge in [-0.2, -0.15) is 0 Å². The van der Waals surface area contributed by atoms with Gasteiger partial charge in [0, 0.05) is 24.1 Å². The van der Waals surface area contributed by atoms with Gasteiger partial charge in [-0.3, -0.25) is 0 Å². The number of rotatable bonds is 5. The fourth-order valence-corrected chi connectivity index (χ4v) is 4.11. The number of alkyl halides is 1. The summed E-state index contributed by atoms with van der Waals surface area (Å²) in [6, 6.07) is 7.07. The van der Waals surface area contributed by atoms with Crippen molar-refractivity contribution in [1.29, 1.82) is 0 Å². The molecule has 112 valence electrons. The van der Waals surface area contributed by atoms with Crippen LogP contribution in [-0.4, -0.2) is 27.1 Å². The van der Waals surface area contributed by atoms with Gasteiger partial charge in [0.05, 0.1) is 10.6 Å². The summed E-state index contributed by atoms with van der Waals surface area (Å²) in [5.74, 6) is 0.626. The molecule has 0 saturated heterocycles. The van der Waals surface area contributed by atoms with E-state index in [1.165, 1.54) is 25.5 Å². The average Bonchev–Trinajstić information content (AvgIpc) is 2.45. The predicted octanol–water partition coefficient (Wildman–Crippen LogP) is 3.69. The van der Waals surface area contributed by atoms with Gasteiger partial charge in [0.1, 0.15) is 0 Å². The Morgan fingerprint density at radius 3 is 2.45 bits per heavy atom. The minimum absolute atomic E-state index is 0.102. The van der Waals surface area contributed by atoms with Crippen molar-refractivity contribution in [3.05, 3.63) is 24.3 Å². The number of benzene rings is 1. The summed E-state index contributed by atoms with van der Waals surface area (Å²) in [5.41, 5.74) is 0.787. The van der Waals surface area contributed by atoms with E-state index in [9.17, 15) is 8.42 Å². The number of hydrogen-bond acceptors (Lipinski definition) is 3. The molecule has 0 bridgehead atoms. The van der Waals surface area contributed by atoms with E-state index in [1.807, 2.05) is 12.1 Å². The van der Waals surface area contributed by atoms with E-state index in [0.29, 0.717) is 16.5 Å². The summed E-state index contributed by atoms with van der Waals surface area (Å²) < 4.78 is 23.6. The van der Waals surface area contributed by atoms with Gasteiger partial charge < -0.3 is 5.32 Å². The zero-order valence-corrected chi connectivity index (χ0v) is 13.4. The molecule has 0 atom stereocenters. The smallest absolute Gasteiger partial charge is 0.177 e. The van der Waals surface area contributed by atoms with Crippen LogP contribution in [0.1, 0.15) is 32.1 Å². The van der Waals surface area contributed by atoms with Crippen molar-refractivity contribution < 1.29 is 8.42 Å². The standard InChI is InChI=1S/C15H22ClNO2S/c1-20(18,19)14-8-4-3-7-13(14)17-12-15(11-16)9-5-2-6-10-15/h3-4,7-8,17H,2,5-6,9-12H2,1H3. The molecule has 1 aliphatic rings. The van der Waals surface area contributed by atoms with Crippen molar-refractivity contribution in [2.24, 2.45) is 5.41 Å². The number of halogens is 1. The molecule has 5 heteroatoms. The molecule has 0 radical (unpaired) electrons. The summed E-state index contributed by atoms with van der Waals surface area (Å²) in [5, 5.41) is 3.32. The lowest BCUT2D eigenvalue weighted by atomic mass is 9.75. The van der Waals surface area contributed by atoms with Crippen LogP contribution in [-0.2, 0) is 9.84 Å². The van der Waals surface area contributed by atoms with Crippen molar-refractivity contribution in [2.75, 3.05) is 24.0 Å². The third-order valence-corrected chi connectivity index (χ3v) is 5.86. The first-order chi connectivity index (χ1) is 9.47. The third kappa shape index (κ3) is 3.67. The molecule has 0 aliphatic heterocycles. The first-order valence-corrected chi connectivity index (χ1v) is 9.48. The van der Waals surface area contributed by atoms with E-state index in [4.69, 9.17) is 11.6 Å². The Kier molecular flexibility index (Phi) is 4.97. The molecule has 3 nitrogen and oxygen atoms in total. The second-order valence-corrected chi connectivity index (χ2v) is 8.07. The molecule has 1 aromatic rings. The predicted molar refractivity (Wildman–Crippen MR) is 84.3 cm³/mol. The fourth-order valence-electron chi connectivity index (χ4n) is 2.88. The van der Waals surface area contributed by atoms with Crippen LogP contribution in [0.15, 0.2) is 29.2 Å². The fraction of sp³-hybridized carbons (Fsp3) is 0.600. The van der Waals surface area contributed by atoms with Crippen LogP contribution in [0.25, 0.3) is 0 Å². The molecule has 0 unspecified atom stereocenters. The zero-order chi connectivity index (χ0) is 14.6. The minimum atomic E-state index is -3.21. The molecule has 1 saturated carbocycles. The molecule has 0 spiro atoms.